The third-order valence-corrected chi connectivity index (χ3v) is 5.27. The van der Waals surface area contributed by atoms with Crippen molar-refractivity contribution in [1.29, 1.82) is 0 Å². The van der Waals surface area contributed by atoms with Crippen molar-refractivity contribution in [3.05, 3.63) is 59.1 Å². The van der Waals surface area contributed by atoms with Crippen LogP contribution in [0, 0.1) is 13.8 Å². The van der Waals surface area contributed by atoms with E-state index in [0.717, 1.165) is 24.9 Å². The van der Waals surface area contributed by atoms with Gasteiger partial charge < -0.3 is 19.4 Å². The first-order chi connectivity index (χ1) is 14.6. The average molecular weight is 409 g/mol. The van der Waals surface area contributed by atoms with Gasteiger partial charge in [-0.15, -0.1) is 0 Å². The zero-order chi connectivity index (χ0) is 20.9. The van der Waals surface area contributed by atoms with E-state index in [1.54, 1.807) is 6.26 Å². The highest BCUT2D eigenvalue weighted by Gasteiger charge is 2.25. The largest absolute Gasteiger partial charge is 0.461 e. The average Bonchev–Trinajstić information content (AvgIpc) is 3.43. The van der Waals surface area contributed by atoms with Crippen molar-refractivity contribution in [2.75, 3.05) is 33.3 Å². The van der Waals surface area contributed by atoms with E-state index in [2.05, 4.69) is 62.4 Å². The van der Waals surface area contributed by atoms with Crippen molar-refractivity contribution in [2.45, 2.75) is 26.4 Å². The molecule has 0 aliphatic carbocycles. The molecule has 3 heterocycles. The van der Waals surface area contributed by atoms with Gasteiger partial charge in [-0.3, -0.25) is 10.1 Å². The molecule has 0 amide bonds. The van der Waals surface area contributed by atoms with Crippen molar-refractivity contribution in [1.82, 2.24) is 25.4 Å². The molecule has 1 aliphatic heterocycles. The topological polar surface area (TPSA) is 91.6 Å². The lowest BCUT2D eigenvalue weighted by Gasteiger charge is -2.35. The van der Waals surface area contributed by atoms with E-state index in [4.69, 9.17) is 9.15 Å². The second-order valence-corrected chi connectivity index (χ2v) is 7.47. The van der Waals surface area contributed by atoms with Gasteiger partial charge in [-0.25, -0.2) is 4.98 Å². The van der Waals surface area contributed by atoms with Crippen LogP contribution in [0.2, 0.25) is 0 Å². The number of ether oxygens (including phenoxy) is 1. The third kappa shape index (κ3) is 4.54. The smallest absolute Gasteiger partial charge is 0.216 e. The molecule has 1 aromatic carbocycles. The molecule has 1 fully saturated rings. The summed E-state index contributed by atoms with van der Waals surface area (Å²) in [5.74, 6) is 2.91. The number of H-pyrrole nitrogens is 1. The highest BCUT2D eigenvalue weighted by atomic mass is 16.5. The Bertz CT molecular complexity index is 995. The molecular formula is C22H28N6O2. The molecule has 2 aromatic heterocycles. The molecule has 1 atom stereocenters. The van der Waals surface area contributed by atoms with Crippen molar-refractivity contribution >= 4 is 5.96 Å². The monoisotopic (exact) mass is 408 g/mol. The standard InChI is InChI=1S/C22H28N6O2/c1-15-6-7-17(16(2)13-15)19-14-28(10-12-30-19)22(23-3)24-9-8-20-25-21(27-26-20)18-5-4-11-29-18/h4-7,11,13,19H,8-10,12,14H2,1-3H3,(H,23,24)(H,25,26,27). The number of furan rings is 1. The lowest BCUT2D eigenvalue weighted by Crippen LogP contribution is -2.48. The van der Waals surface area contributed by atoms with Gasteiger partial charge in [-0.05, 0) is 37.1 Å². The van der Waals surface area contributed by atoms with E-state index in [-0.39, 0.29) is 6.10 Å². The maximum atomic E-state index is 6.06. The van der Waals surface area contributed by atoms with Crippen LogP contribution in [-0.2, 0) is 11.2 Å². The minimum absolute atomic E-state index is 0.0445. The second-order valence-electron chi connectivity index (χ2n) is 7.47. The van der Waals surface area contributed by atoms with Gasteiger partial charge in [-0.2, -0.15) is 5.10 Å². The number of nitrogens with one attached hydrogen (secondary N) is 2. The summed E-state index contributed by atoms with van der Waals surface area (Å²) in [6.07, 6.45) is 2.37. The Balaban J connectivity index is 1.33. The van der Waals surface area contributed by atoms with E-state index < -0.39 is 0 Å². The van der Waals surface area contributed by atoms with Crippen LogP contribution in [0.15, 0.2) is 46.0 Å². The van der Waals surface area contributed by atoms with Gasteiger partial charge in [0, 0.05) is 26.6 Å². The minimum Gasteiger partial charge on any atom is -0.461 e. The lowest BCUT2D eigenvalue weighted by atomic mass is 10.00. The summed E-state index contributed by atoms with van der Waals surface area (Å²) < 4.78 is 11.4. The Hall–Kier alpha value is -3.13. The Kier molecular flexibility index (Phi) is 6.13. The molecular weight excluding hydrogens is 380 g/mol. The van der Waals surface area contributed by atoms with Crippen molar-refractivity contribution < 1.29 is 9.15 Å². The summed E-state index contributed by atoms with van der Waals surface area (Å²) in [5.41, 5.74) is 3.78. The number of morpholine rings is 1. The molecule has 30 heavy (non-hydrogen) atoms. The van der Waals surface area contributed by atoms with Gasteiger partial charge in [0.15, 0.2) is 11.7 Å². The van der Waals surface area contributed by atoms with E-state index >= 15 is 0 Å². The van der Waals surface area contributed by atoms with E-state index in [0.29, 0.717) is 31.2 Å². The fraction of sp³-hybridized carbons (Fsp3) is 0.409. The molecule has 0 spiro atoms. The molecule has 8 heteroatoms. The summed E-state index contributed by atoms with van der Waals surface area (Å²) in [7, 11) is 1.81. The van der Waals surface area contributed by atoms with Crippen molar-refractivity contribution in [3.8, 4) is 11.6 Å². The Morgan fingerprint density at radius 2 is 2.23 bits per heavy atom. The summed E-state index contributed by atoms with van der Waals surface area (Å²) in [6.45, 7) is 7.22. The number of aromatic amines is 1. The highest BCUT2D eigenvalue weighted by Crippen LogP contribution is 2.26. The van der Waals surface area contributed by atoms with Gasteiger partial charge >= 0.3 is 0 Å². The third-order valence-electron chi connectivity index (χ3n) is 5.27. The van der Waals surface area contributed by atoms with Crippen LogP contribution in [0.3, 0.4) is 0 Å². The fourth-order valence-electron chi connectivity index (χ4n) is 3.76. The van der Waals surface area contributed by atoms with Crippen LogP contribution in [0.25, 0.3) is 11.6 Å². The molecule has 1 saturated heterocycles. The van der Waals surface area contributed by atoms with E-state index in [9.17, 15) is 0 Å². The number of hydrogen-bond acceptors (Lipinski definition) is 5. The Labute approximate surface area is 176 Å². The second kappa shape index (κ2) is 9.13. The SMILES string of the molecule is CN=C(NCCc1nc(-c2ccco2)n[nH]1)N1CCOC(c2ccc(C)cc2C)C1. The predicted octanol–water partition coefficient (Wildman–Crippen LogP) is 2.87. The van der Waals surface area contributed by atoms with Crippen LogP contribution >= 0.6 is 0 Å². The molecule has 8 nitrogen and oxygen atoms in total. The summed E-state index contributed by atoms with van der Waals surface area (Å²) in [6, 6.07) is 10.2. The van der Waals surface area contributed by atoms with Crippen LogP contribution in [0.5, 0.6) is 0 Å². The summed E-state index contributed by atoms with van der Waals surface area (Å²) in [5, 5.41) is 10.6. The maximum absolute atomic E-state index is 6.06. The number of benzene rings is 1. The number of aromatic nitrogens is 3. The molecule has 4 rings (SSSR count). The molecule has 1 aliphatic rings. The first-order valence-corrected chi connectivity index (χ1v) is 10.2. The number of aryl methyl sites for hydroxylation is 2. The van der Waals surface area contributed by atoms with Crippen LogP contribution < -0.4 is 5.32 Å². The van der Waals surface area contributed by atoms with Gasteiger partial charge in [0.05, 0.1) is 19.4 Å². The molecule has 1 unspecified atom stereocenters. The number of rotatable bonds is 5. The molecule has 0 radical (unpaired) electrons. The van der Waals surface area contributed by atoms with Crippen LogP contribution in [0.4, 0.5) is 0 Å². The van der Waals surface area contributed by atoms with Gasteiger partial charge in [0.2, 0.25) is 5.82 Å². The Morgan fingerprint density at radius 3 is 3.00 bits per heavy atom. The molecule has 3 aromatic rings. The minimum atomic E-state index is 0.0445. The van der Waals surface area contributed by atoms with Gasteiger partial charge in [0.25, 0.3) is 0 Å². The zero-order valence-corrected chi connectivity index (χ0v) is 17.7. The van der Waals surface area contributed by atoms with E-state index in [1.807, 2.05) is 19.2 Å². The fourth-order valence-corrected chi connectivity index (χ4v) is 3.76. The zero-order valence-electron chi connectivity index (χ0n) is 17.7. The first kappa shape index (κ1) is 20.2. The van der Waals surface area contributed by atoms with Crippen LogP contribution in [0.1, 0.15) is 28.6 Å². The molecule has 0 bridgehead atoms. The quantitative estimate of drug-likeness (QED) is 0.498. The number of aliphatic imine (C=N–C) groups is 1. The number of guanidine groups is 1. The van der Waals surface area contributed by atoms with E-state index in [1.165, 1.54) is 16.7 Å². The normalized spacial score (nSPS) is 17.4. The first-order valence-electron chi connectivity index (χ1n) is 10.2. The summed E-state index contributed by atoms with van der Waals surface area (Å²) in [4.78, 5) is 11.2. The number of hydrogen-bond donors (Lipinski definition) is 2. The number of nitrogens with zero attached hydrogens (tertiary/aromatic N) is 4. The maximum Gasteiger partial charge on any atom is 0.216 e. The van der Waals surface area contributed by atoms with Gasteiger partial charge in [0.1, 0.15) is 11.9 Å². The predicted molar refractivity (Wildman–Crippen MR) is 115 cm³/mol. The molecule has 0 saturated carbocycles. The summed E-state index contributed by atoms with van der Waals surface area (Å²) >= 11 is 0. The van der Waals surface area contributed by atoms with Crippen LogP contribution in [-0.4, -0.2) is 59.3 Å². The molecule has 158 valence electrons. The van der Waals surface area contributed by atoms with Crippen molar-refractivity contribution in [3.63, 3.8) is 0 Å². The highest BCUT2D eigenvalue weighted by molar-refractivity contribution is 5.80. The molecule has 2 N–H and O–H groups in total. The van der Waals surface area contributed by atoms with Crippen molar-refractivity contribution in [2.24, 2.45) is 4.99 Å². The van der Waals surface area contributed by atoms with Gasteiger partial charge in [-0.1, -0.05) is 23.8 Å². The Morgan fingerprint density at radius 1 is 1.33 bits per heavy atom. The lowest BCUT2D eigenvalue weighted by molar-refractivity contribution is -0.00830.